The molecule has 2 aromatic heterocycles. The van der Waals surface area contributed by atoms with Gasteiger partial charge in [0.15, 0.2) is 0 Å². The Morgan fingerprint density at radius 1 is 0.739 bits per heavy atom. The quantitative estimate of drug-likeness (QED) is 0.509. The van der Waals surface area contributed by atoms with Crippen LogP contribution in [0.25, 0.3) is 0 Å². The van der Waals surface area contributed by atoms with Crippen molar-refractivity contribution in [2.24, 2.45) is 34.6 Å². The highest BCUT2D eigenvalue weighted by molar-refractivity contribution is 7.12. The molecule has 0 amide bonds. The number of rotatable bonds is 4. The Balaban J connectivity index is 1.71. The second kappa shape index (κ2) is 6.97. The molecule has 6 nitrogen and oxygen atoms in total. The summed E-state index contributed by atoms with van der Waals surface area (Å²) in [5, 5.41) is 19.7. The predicted octanol–water partition coefficient (Wildman–Crippen LogP) is 4.23. The van der Waals surface area contributed by atoms with Crippen LogP contribution in [0, 0.1) is 0 Å². The summed E-state index contributed by atoms with van der Waals surface area (Å²) in [5.41, 5.74) is 1.55. The summed E-state index contributed by atoms with van der Waals surface area (Å²) in [6, 6.07) is 13.3. The lowest BCUT2D eigenvalue weighted by Gasteiger charge is -1.91. The molecule has 0 fully saturated rings. The standard InChI is InChI=1S/C16H16N6S/c1-21-10-4-3-5-15(21)19-17-13-6-8-14(9-7-13)18-20-16-22(2)11-12-23-16/h3-12H,1-2H3/q+2. The molecule has 114 valence electrons. The van der Waals surface area contributed by atoms with Crippen LogP contribution in [0.5, 0.6) is 0 Å². The lowest BCUT2D eigenvalue weighted by Crippen LogP contribution is -2.26. The summed E-state index contributed by atoms with van der Waals surface area (Å²) in [6.07, 6.45) is 3.88. The lowest BCUT2D eigenvalue weighted by molar-refractivity contribution is -0.658. The topological polar surface area (TPSA) is 57.2 Å². The molecule has 0 radical (unpaired) electrons. The highest BCUT2D eigenvalue weighted by atomic mass is 32.1. The van der Waals surface area contributed by atoms with E-state index in [0.717, 1.165) is 22.3 Å². The zero-order valence-corrected chi connectivity index (χ0v) is 13.7. The predicted molar refractivity (Wildman–Crippen MR) is 87.9 cm³/mol. The molecule has 0 aliphatic heterocycles. The summed E-state index contributed by atoms with van der Waals surface area (Å²) in [5.74, 6) is 0.793. The zero-order chi connectivity index (χ0) is 16.1. The molecule has 23 heavy (non-hydrogen) atoms. The maximum absolute atomic E-state index is 4.24. The number of thiazole rings is 1. The number of pyridine rings is 1. The molecule has 0 saturated carbocycles. The lowest BCUT2D eigenvalue weighted by atomic mass is 10.3. The summed E-state index contributed by atoms with van der Waals surface area (Å²) in [6.45, 7) is 0. The average Bonchev–Trinajstić information content (AvgIpc) is 2.98. The van der Waals surface area contributed by atoms with Gasteiger partial charge in [-0.1, -0.05) is 6.07 Å². The van der Waals surface area contributed by atoms with Crippen LogP contribution in [0.1, 0.15) is 0 Å². The number of hydrogen-bond acceptors (Lipinski definition) is 5. The Bertz CT molecular complexity index is 851. The van der Waals surface area contributed by atoms with Gasteiger partial charge >= 0.3 is 10.9 Å². The van der Waals surface area contributed by atoms with Crippen molar-refractivity contribution in [2.75, 3.05) is 0 Å². The van der Waals surface area contributed by atoms with E-state index in [2.05, 4.69) is 20.5 Å². The fraction of sp³-hybridized carbons (Fsp3) is 0.125. The number of aryl methyl sites for hydroxylation is 2. The van der Waals surface area contributed by atoms with Crippen LogP contribution in [0.15, 0.2) is 80.7 Å². The smallest absolute Gasteiger partial charge is 0.232 e. The van der Waals surface area contributed by atoms with Gasteiger partial charge in [0.25, 0.3) is 0 Å². The third kappa shape index (κ3) is 3.89. The second-order valence-electron chi connectivity index (χ2n) is 4.88. The van der Waals surface area contributed by atoms with E-state index >= 15 is 0 Å². The Labute approximate surface area is 138 Å². The molecule has 0 bridgehead atoms. The fourth-order valence-corrected chi connectivity index (χ4v) is 2.52. The largest absolute Gasteiger partial charge is 0.408 e. The van der Waals surface area contributed by atoms with Crippen molar-refractivity contribution in [2.45, 2.75) is 0 Å². The van der Waals surface area contributed by atoms with E-state index in [1.165, 1.54) is 0 Å². The van der Waals surface area contributed by atoms with Crippen LogP contribution in [-0.2, 0) is 14.1 Å². The van der Waals surface area contributed by atoms with E-state index in [-0.39, 0.29) is 0 Å². The van der Waals surface area contributed by atoms with E-state index in [9.17, 15) is 0 Å². The normalized spacial score (nSPS) is 11.6. The van der Waals surface area contributed by atoms with Crippen molar-refractivity contribution in [1.82, 2.24) is 0 Å². The molecular formula is C16H16N6S+2. The van der Waals surface area contributed by atoms with Crippen molar-refractivity contribution < 1.29 is 9.13 Å². The van der Waals surface area contributed by atoms with Gasteiger partial charge in [0.1, 0.15) is 17.6 Å². The maximum atomic E-state index is 4.24. The summed E-state index contributed by atoms with van der Waals surface area (Å²) in [7, 11) is 3.88. The molecular weight excluding hydrogens is 308 g/mol. The molecule has 0 atom stereocenters. The van der Waals surface area contributed by atoms with Gasteiger partial charge < -0.3 is 0 Å². The first kappa shape index (κ1) is 15.1. The Morgan fingerprint density at radius 2 is 1.43 bits per heavy atom. The third-order valence-electron chi connectivity index (χ3n) is 3.16. The number of hydrogen-bond donors (Lipinski definition) is 0. The van der Waals surface area contributed by atoms with Crippen LogP contribution in [0.4, 0.5) is 22.3 Å². The van der Waals surface area contributed by atoms with Gasteiger partial charge in [-0.25, -0.2) is 9.13 Å². The van der Waals surface area contributed by atoms with Gasteiger partial charge in [0.05, 0.1) is 30.5 Å². The first-order valence-electron chi connectivity index (χ1n) is 7.04. The Kier molecular flexibility index (Phi) is 4.58. The summed E-state index contributed by atoms with van der Waals surface area (Å²) in [4.78, 5) is 0. The number of benzene rings is 1. The van der Waals surface area contributed by atoms with E-state index in [0.29, 0.717) is 0 Å². The number of aromatic nitrogens is 2. The molecule has 0 unspecified atom stereocenters. The van der Waals surface area contributed by atoms with Crippen molar-refractivity contribution >= 4 is 33.7 Å². The van der Waals surface area contributed by atoms with Crippen LogP contribution >= 0.6 is 11.3 Å². The van der Waals surface area contributed by atoms with E-state index in [1.54, 1.807) is 11.3 Å². The highest BCUT2D eigenvalue weighted by Gasteiger charge is 2.07. The molecule has 0 saturated heterocycles. The molecule has 0 aliphatic rings. The molecule has 3 aromatic rings. The molecule has 1 aromatic carbocycles. The van der Waals surface area contributed by atoms with Crippen LogP contribution in [0.3, 0.4) is 0 Å². The van der Waals surface area contributed by atoms with Crippen molar-refractivity contribution in [3.8, 4) is 0 Å². The number of azo groups is 2. The maximum Gasteiger partial charge on any atom is 0.408 e. The van der Waals surface area contributed by atoms with Crippen LogP contribution in [0.2, 0.25) is 0 Å². The van der Waals surface area contributed by atoms with Gasteiger partial charge in [-0.05, 0) is 51.9 Å². The first-order chi connectivity index (χ1) is 11.2. The monoisotopic (exact) mass is 324 g/mol. The SMILES string of the molecule is C[n+]1ccccc1N=Nc1ccc(N=Nc2scc[n+]2C)cc1. The van der Waals surface area contributed by atoms with Crippen molar-refractivity contribution in [3.63, 3.8) is 0 Å². The van der Waals surface area contributed by atoms with Crippen LogP contribution < -0.4 is 9.13 Å². The van der Waals surface area contributed by atoms with Gasteiger partial charge in [0, 0.05) is 11.4 Å². The molecule has 0 N–H and O–H groups in total. The van der Waals surface area contributed by atoms with E-state index < -0.39 is 0 Å². The minimum Gasteiger partial charge on any atom is -0.232 e. The van der Waals surface area contributed by atoms with Gasteiger partial charge in [-0.15, -0.1) is 0 Å². The van der Waals surface area contributed by atoms with Gasteiger partial charge in [0.2, 0.25) is 0 Å². The van der Waals surface area contributed by atoms with Crippen LogP contribution in [-0.4, -0.2) is 0 Å². The van der Waals surface area contributed by atoms with E-state index in [1.807, 2.05) is 83.5 Å². The van der Waals surface area contributed by atoms with E-state index in [4.69, 9.17) is 0 Å². The molecule has 0 spiro atoms. The second-order valence-corrected chi connectivity index (χ2v) is 5.76. The van der Waals surface area contributed by atoms with Gasteiger partial charge in [-0.2, -0.15) is 0 Å². The van der Waals surface area contributed by atoms with Crippen molar-refractivity contribution in [1.29, 1.82) is 0 Å². The highest BCUT2D eigenvalue weighted by Crippen LogP contribution is 2.22. The minimum atomic E-state index is 0.773. The first-order valence-corrected chi connectivity index (χ1v) is 7.92. The summed E-state index contributed by atoms with van der Waals surface area (Å²) >= 11 is 1.55. The Hall–Kier alpha value is -2.80. The van der Waals surface area contributed by atoms with Crippen molar-refractivity contribution in [3.05, 3.63) is 60.2 Å². The average molecular weight is 324 g/mol. The fourth-order valence-electron chi connectivity index (χ4n) is 1.84. The zero-order valence-electron chi connectivity index (χ0n) is 12.9. The molecule has 3 rings (SSSR count). The van der Waals surface area contributed by atoms with Gasteiger partial charge in [-0.3, -0.25) is 0 Å². The molecule has 0 aliphatic carbocycles. The minimum absolute atomic E-state index is 0.773. The summed E-state index contributed by atoms with van der Waals surface area (Å²) < 4.78 is 3.84. The Morgan fingerprint density at radius 3 is 2.04 bits per heavy atom. The molecule has 7 heteroatoms. The third-order valence-corrected chi connectivity index (χ3v) is 3.99. The number of nitrogens with zero attached hydrogens (tertiary/aromatic N) is 6. The molecule has 2 heterocycles.